The number of amides is 5. The average molecular weight is 1910 g/mol. The number of ether oxygens (including phenoxy) is 2. The van der Waals surface area contributed by atoms with Gasteiger partial charge in [-0.2, -0.15) is 15.3 Å². The normalized spacial score (nSPS) is 19.5. The van der Waals surface area contributed by atoms with Crippen molar-refractivity contribution in [3.8, 4) is 56.5 Å². The van der Waals surface area contributed by atoms with Crippen LogP contribution in [0.3, 0.4) is 0 Å². The van der Waals surface area contributed by atoms with Gasteiger partial charge in [0.1, 0.15) is 32.7 Å². The number of hydrogen-bond acceptors (Lipinski definition) is 23. The molecule has 0 bridgehead atoms. The Morgan fingerprint density at radius 1 is 0.443 bits per heavy atom. The number of Topliss-reactive ketones (excluding diaryl/α,β-unsaturated/α-hetero) is 1. The Balaban J connectivity index is 0.000000130. The highest BCUT2D eigenvalue weighted by Crippen LogP contribution is 2.45. The number of benzene rings is 6. The summed E-state index contributed by atoms with van der Waals surface area (Å²) in [4.78, 5) is 124. The van der Waals surface area contributed by atoms with Crippen molar-refractivity contribution in [2.24, 2.45) is 10.8 Å². The number of methoxy groups -OCH3 is 2. The number of hydrogen-bond donors (Lipinski definition) is 5. The predicted octanol–water partition coefficient (Wildman–Crippen LogP) is 16.2. The lowest BCUT2D eigenvalue weighted by atomic mass is 9.80. The minimum atomic E-state index is -0.778. The van der Waals surface area contributed by atoms with Crippen LogP contribution >= 0.6 is 23.1 Å². The number of H-pyrrole nitrogens is 3. The number of thiazole rings is 1. The van der Waals surface area contributed by atoms with E-state index in [-0.39, 0.29) is 54.3 Å². The van der Waals surface area contributed by atoms with Gasteiger partial charge in [-0.05, 0) is 226 Å². The SMILES string of the molecule is COCC1(C(=O)Nc2ccc3[nH]nc(-c4ccc(F)cc4)c3c2)CCN(CC(=O)N2CC=C(c3nccs3)CC2)C1.COC[C@@]1(C(=O)Cc2ccc3[nH]nc(-c4ccnc(C5CC5)c4)c3c2)CCN(CC(=O)N2CC=C(c3ccc(-c4ncccn4)cc3)CC2)C1.CSC1(C(=O)Nc2ccc3[nH]nc(-c4ccnc(C5CC5)c4)c3c2)CCN(CC(=O)N2CC=C(c3ccc(-c4ncccn4)cc3)CC2)C1. The van der Waals surface area contributed by atoms with Crippen molar-refractivity contribution in [1.29, 1.82) is 0 Å². The van der Waals surface area contributed by atoms with Gasteiger partial charge in [-0.1, -0.05) is 72.8 Å². The standard InChI is InChI=1S/C40H41N7O3.C38H38N8O2S.C30H31FN6O3S/c1-50-26-40(36(48)22-27-3-10-34-33(21-27)38(45-44-34)32-11-17-41-35(23-32)30-6-7-30)14-20-46(25-40)24-37(49)47-18-12-29(13-19-47)28-4-8-31(9-5-28)39-42-15-2-16-43-39;1-49-38(37(48)42-30-9-10-32-31(22-30)35(44-43-32)29-11-17-39-33(21-29)27-5-6-27)14-20-45(24-38)23-34(47)46-18-12-26(13-19-46)25-3-7-28(8-4-25)36-40-15-2-16-41-36;1-40-19-30(10-14-36(18-30)17-26(38)37-12-8-21(9-13-37)28-32-11-15-41-28)29(39)33-23-6-7-25-24(16-23)27(35-34-25)20-2-4-22(31)5-3-20/h2-5,8-12,15-17,21,23,30H,6-7,13-14,18-20,22,24-26H2,1H3,(H,44,45);2-4,7-12,15-17,21-22,27H,5-6,13-14,18-20,23-24H2,1H3,(H,42,48)(H,43,44);2-8,11,15-16H,9-10,12-14,17-19H2,1H3,(H,33,39)(H,34,35)/t40-;;/m1../s1. The van der Waals surface area contributed by atoms with Crippen LogP contribution in [0.2, 0.25) is 0 Å². The van der Waals surface area contributed by atoms with E-state index in [1.807, 2.05) is 141 Å². The lowest BCUT2D eigenvalue weighted by Gasteiger charge is -2.30. The number of aromatic amines is 3. The first-order chi connectivity index (χ1) is 68.4. The number of carbonyl (C=O) groups excluding carboxylic acids is 6. The molecule has 8 aromatic heterocycles. The van der Waals surface area contributed by atoms with Gasteiger partial charge in [-0.15, -0.1) is 23.1 Å². The summed E-state index contributed by atoms with van der Waals surface area (Å²) in [5.41, 5.74) is 19.0. The van der Waals surface area contributed by atoms with E-state index < -0.39 is 15.6 Å². The molecule has 29 nitrogen and oxygen atoms in total. The quantitative estimate of drug-likeness (QED) is 0.0304. The number of pyridine rings is 2. The first kappa shape index (κ1) is 93.8. The highest BCUT2D eigenvalue weighted by atomic mass is 32.2. The van der Waals surface area contributed by atoms with Gasteiger partial charge < -0.3 is 34.8 Å². The number of anilines is 2. The maximum atomic E-state index is 14.0. The third-order valence-electron chi connectivity index (χ3n) is 28.4. The van der Waals surface area contributed by atoms with Crippen LogP contribution < -0.4 is 10.6 Å². The van der Waals surface area contributed by atoms with Crippen molar-refractivity contribution in [2.45, 2.75) is 87.2 Å². The highest BCUT2D eigenvalue weighted by molar-refractivity contribution is 8.00. The molecule has 140 heavy (non-hydrogen) atoms. The molecule has 5 fully saturated rings. The Morgan fingerprint density at radius 3 is 1.35 bits per heavy atom. The van der Waals surface area contributed by atoms with Crippen LogP contribution in [0.25, 0.3) is 106 Å². The van der Waals surface area contributed by atoms with E-state index in [4.69, 9.17) is 9.47 Å². The Morgan fingerprint density at radius 2 is 0.879 bits per heavy atom. The van der Waals surface area contributed by atoms with E-state index in [1.165, 1.54) is 54.5 Å². The second-order valence-corrected chi connectivity index (χ2v) is 39.8. The zero-order chi connectivity index (χ0) is 95.9. The molecule has 6 aromatic carbocycles. The van der Waals surface area contributed by atoms with Gasteiger partial charge in [0.15, 0.2) is 11.6 Å². The Kier molecular flexibility index (Phi) is 27.9. The maximum absolute atomic E-state index is 14.0. The molecule has 2 aliphatic carbocycles. The number of nitrogens with one attached hydrogen (secondary N) is 5. The molecule has 0 spiro atoms. The van der Waals surface area contributed by atoms with E-state index >= 15 is 0 Å². The summed E-state index contributed by atoms with van der Waals surface area (Å²) in [6.07, 6.45) is 30.3. The summed E-state index contributed by atoms with van der Waals surface area (Å²) in [6.45, 7) is 8.68. The van der Waals surface area contributed by atoms with Gasteiger partial charge >= 0.3 is 0 Å². The first-order valence-corrected chi connectivity index (χ1v) is 50.0. The number of fused-ring (bicyclic) bond motifs is 3. The van der Waals surface area contributed by atoms with E-state index in [1.54, 1.807) is 80.4 Å². The number of aromatic nitrogens is 13. The summed E-state index contributed by atoms with van der Waals surface area (Å²) in [5, 5.41) is 35.0. The molecule has 32 heteroatoms. The molecule has 14 aromatic rings. The Hall–Kier alpha value is -13.9. The van der Waals surface area contributed by atoms with Gasteiger partial charge in [0, 0.05) is 213 Å². The minimum absolute atomic E-state index is 0.0327. The van der Waals surface area contributed by atoms with Crippen molar-refractivity contribution in [1.82, 2.24) is 94.9 Å². The smallest absolute Gasteiger partial charge is 0.241 e. The molecule has 3 atom stereocenters. The van der Waals surface area contributed by atoms with Crippen LogP contribution in [0.15, 0.2) is 231 Å². The number of carbonyl (C=O) groups is 6. The molecule has 14 heterocycles. The molecular weight excluding hydrogens is 1800 g/mol. The third kappa shape index (κ3) is 21.0. The number of nitrogens with zero attached hydrogens (tertiary/aromatic N) is 16. The minimum Gasteiger partial charge on any atom is -0.384 e. The average Bonchev–Trinajstić information content (AvgIpc) is 1.63. The van der Waals surface area contributed by atoms with Crippen molar-refractivity contribution >= 4 is 119 Å². The number of halogens is 1. The molecule has 6 aliphatic heterocycles. The van der Waals surface area contributed by atoms with E-state index in [0.717, 1.165) is 130 Å². The number of rotatable bonds is 28. The summed E-state index contributed by atoms with van der Waals surface area (Å²) in [5.74, 6) is 2.44. The third-order valence-corrected chi connectivity index (χ3v) is 30.5. The zero-order valence-corrected chi connectivity index (χ0v) is 80.1. The van der Waals surface area contributed by atoms with Gasteiger partial charge in [0.2, 0.25) is 29.5 Å². The van der Waals surface area contributed by atoms with E-state index in [9.17, 15) is 33.2 Å². The topological polar surface area (TPSA) is 341 Å². The molecule has 8 aliphatic rings. The van der Waals surface area contributed by atoms with E-state index in [0.29, 0.717) is 159 Å². The second kappa shape index (κ2) is 41.7. The largest absolute Gasteiger partial charge is 0.384 e. The van der Waals surface area contributed by atoms with Gasteiger partial charge in [0.25, 0.3) is 0 Å². The van der Waals surface area contributed by atoms with Crippen LogP contribution in [0, 0.1) is 16.6 Å². The molecule has 3 saturated heterocycles. The fourth-order valence-corrected chi connectivity index (χ4v) is 21.6. The molecule has 0 radical (unpaired) electrons. The molecule has 22 rings (SSSR count). The fraction of sp³-hybridized carbons (Fsp3) is 0.333. The second-order valence-electron chi connectivity index (χ2n) is 37.7. The van der Waals surface area contributed by atoms with Crippen LogP contribution in [0.5, 0.6) is 0 Å². The van der Waals surface area contributed by atoms with Gasteiger partial charge in [-0.25, -0.2) is 29.3 Å². The molecule has 2 saturated carbocycles. The van der Waals surface area contributed by atoms with Crippen molar-refractivity contribution in [3.63, 3.8) is 0 Å². The first-order valence-electron chi connectivity index (χ1n) is 47.9. The van der Waals surface area contributed by atoms with Crippen LogP contribution in [-0.4, -0.2) is 267 Å². The molecule has 714 valence electrons. The molecule has 2 unspecified atom stereocenters. The lowest BCUT2D eigenvalue weighted by molar-refractivity contribution is -0.134. The van der Waals surface area contributed by atoms with Crippen molar-refractivity contribution in [3.05, 3.63) is 270 Å². The predicted molar refractivity (Wildman–Crippen MR) is 543 cm³/mol. The summed E-state index contributed by atoms with van der Waals surface area (Å²) < 4.78 is 23.9. The fourth-order valence-electron chi connectivity index (χ4n) is 20.1. The summed E-state index contributed by atoms with van der Waals surface area (Å²) in [7, 11) is 3.24. The van der Waals surface area contributed by atoms with Crippen LogP contribution in [0.1, 0.15) is 109 Å². The highest BCUT2D eigenvalue weighted by Gasteiger charge is 2.48. The number of likely N-dealkylation sites (tertiary alicyclic amines) is 3. The Labute approximate surface area is 818 Å². The molecule has 5 N–H and O–H groups in total. The maximum Gasteiger partial charge on any atom is 0.241 e. The summed E-state index contributed by atoms with van der Waals surface area (Å²) >= 11 is 3.18. The van der Waals surface area contributed by atoms with Crippen molar-refractivity contribution < 1.29 is 42.6 Å². The number of thioether (sulfide) groups is 1. The van der Waals surface area contributed by atoms with E-state index in [2.05, 4.69) is 147 Å². The van der Waals surface area contributed by atoms with Crippen molar-refractivity contribution in [2.75, 3.05) is 142 Å². The summed E-state index contributed by atoms with van der Waals surface area (Å²) in [6, 6.07) is 52.2. The zero-order valence-electron chi connectivity index (χ0n) is 78.5. The van der Waals surface area contributed by atoms with Gasteiger partial charge in [0.05, 0.1) is 65.9 Å². The number of ketones is 1. The monoisotopic (exact) mass is 1910 g/mol. The van der Waals surface area contributed by atoms with Gasteiger partial charge in [-0.3, -0.25) is 68.7 Å². The Bertz CT molecular complexity index is 6990. The molecule has 5 amide bonds. The molecular formula is C108H110FN21O8S2. The van der Waals surface area contributed by atoms with Crippen LogP contribution in [-0.2, 0) is 44.7 Å². The van der Waals surface area contributed by atoms with Crippen LogP contribution in [0.4, 0.5) is 15.8 Å². The lowest BCUT2D eigenvalue weighted by Crippen LogP contribution is -2.45.